The van der Waals surface area contributed by atoms with Crippen molar-refractivity contribution in [3.05, 3.63) is 35.9 Å². The van der Waals surface area contributed by atoms with Gasteiger partial charge in [-0.2, -0.15) is 0 Å². The molecule has 4 nitrogen and oxygen atoms in total. The van der Waals surface area contributed by atoms with Crippen LogP contribution in [0, 0.1) is 11.8 Å². The molecule has 1 aliphatic rings. The van der Waals surface area contributed by atoms with Crippen LogP contribution < -0.4 is 0 Å². The normalized spacial score (nSPS) is 24.5. The van der Waals surface area contributed by atoms with E-state index in [0.29, 0.717) is 13.2 Å². The van der Waals surface area contributed by atoms with Gasteiger partial charge in [0.15, 0.2) is 6.29 Å². The van der Waals surface area contributed by atoms with Gasteiger partial charge in [0.2, 0.25) is 0 Å². The van der Waals surface area contributed by atoms with E-state index < -0.39 is 12.4 Å². The number of ether oxygens (including phenoxy) is 2. The van der Waals surface area contributed by atoms with Gasteiger partial charge in [-0.15, -0.1) is 0 Å². The Morgan fingerprint density at radius 3 is 2.06 bits per heavy atom. The lowest BCUT2D eigenvalue weighted by atomic mass is 9.84. The largest absolute Gasteiger partial charge is 0.387 e. The first kappa shape index (κ1) is 26.3. The number of hydrogen-bond donors (Lipinski definition) is 2. The molecule has 1 saturated heterocycles. The molecule has 0 bridgehead atoms. The molecule has 5 atom stereocenters. The van der Waals surface area contributed by atoms with E-state index in [2.05, 4.69) is 26.0 Å². The zero-order chi connectivity index (χ0) is 22.3. The molecule has 1 aromatic carbocycles. The topological polar surface area (TPSA) is 58.9 Å². The average Bonchev–Trinajstić information content (AvgIpc) is 3.06. The monoisotopic (exact) mass is 434 g/mol. The van der Waals surface area contributed by atoms with Gasteiger partial charge in [-0.3, -0.25) is 0 Å². The van der Waals surface area contributed by atoms with Crippen molar-refractivity contribution in [3.63, 3.8) is 0 Å². The fourth-order valence-corrected chi connectivity index (χ4v) is 4.78. The highest BCUT2D eigenvalue weighted by Gasteiger charge is 2.44. The lowest BCUT2D eigenvalue weighted by Gasteiger charge is -2.26. The van der Waals surface area contributed by atoms with Gasteiger partial charge >= 0.3 is 0 Å². The van der Waals surface area contributed by atoms with E-state index in [1.165, 1.54) is 64.2 Å². The minimum Gasteiger partial charge on any atom is -0.387 e. The Bertz CT molecular complexity index is 549. The van der Waals surface area contributed by atoms with Gasteiger partial charge in [0.05, 0.1) is 19.3 Å². The van der Waals surface area contributed by atoms with Crippen molar-refractivity contribution in [2.75, 3.05) is 6.61 Å². The van der Waals surface area contributed by atoms with Crippen LogP contribution in [0.2, 0.25) is 0 Å². The molecule has 1 aliphatic heterocycles. The third-order valence-corrected chi connectivity index (χ3v) is 6.67. The maximum atomic E-state index is 10.5. The summed E-state index contributed by atoms with van der Waals surface area (Å²) in [5, 5.41) is 20.5. The maximum Gasteiger partial charge on any atom is 0.181 e. The van der Waals surface area contributed by atoms with Crippen LogP contribution in [0.25, 0.3) is 0 Å². The summed E-state index contributed by atoms with van der Waals surface area (Å²) >= 11 is 0. The molecule has 178 valence electrons. The second-order valence-corrected chi connectivity index (χ2v) is 9.44. The summed E-state index contributed by atoms with van der Waals surface area (Å²) in [7, 11) is 0. The first-order chi connectivity index (χ1) is 15.1. The highest BCUT2D eigenvalue weighted by atomic mass is 16.6. The zero-order valence-corrected chi connectivity index (χ0v) is 19.9. The Kier molecular flexibility index (Phi) is 13.4. The number of aliphatic hydroxyl groups excluding tert-OH is 2. The van der Waals surface area contributed by atoms with E-state index in [9.17, 15) is 10.2 Å². The van der Waals surface area contributed by atoms with Crippen LogP contribution in [0.4, 0.5) is 0 Å². The van der Waals surface area contributed by atoms with Gasteiger partial charge in [-0.05, 0) is 17.9 Å². The Balaban J connectivity index is 1.59. The molecular weight excluding hydrogens is 388 g/mol. The first-order valence-electron chi connectivity index (χ1n) is 12.8. The predicted molar refractivity (Wildman–Crippen MR) is 127 cm³/mol. The lowest BCUT2D eigenvalue weighted by molar-refractivity contribution is -0.128. The number of rotatable bonds is 17. The molecule has 4 heteroatoms. The molecule has 2 N–H and O–H groups in total. The Morgan fingerprint density at radius 2 is 1.45 bits per heavy atom. The minimum atomic E-state index is -1.07. The van der Waals surface area contributed by atoms with Crippen LogP contribution in [0.15, 0.2) is 30.3 Å². The molecule has 0 aromatic heterocycles. The summed E-state index contributed by atoms with van der Waals surface area (Å²) in [5.74, 6) is 0.0578. The fourth-order valence-electron chi connectivity index (χ4n) is 4.78. The molecule has 1 aromatic rings. The third kappa shape index (κ3) is 10.0. The van der Waals surface area contributed by atoms with Crippen LogP contribution in [-0.4, -0.2) is 35.3 Å². The van der Waals surface area contributed by atoms with Crippen LogP contribution in [0.3, 0.4) is 0 Å². The molecular formula is C27H46O4. The molecule has 0 saturated carbocycles. The predicted octanol–water partition coefficient (Wildman–Crippen LogP) is 6.23. The number of benzene rings is 1. The first-order valence-corrected chi connectivity index (χ1v) is 12.8. The number of hydrogen-bond acceptors (Lipinski definition) is 4. The van der Waals surface area contributed by atoms with Crippen LogP contribution in [0.5, 0.6) is 0 Å². The van der Waals surface area contributed by atoms with Crippen LogP contribution in [-0.2, 0) is 16.1 Å². The summed E-state index contributed by atoms with van der Waals surface area (Å²) in [6, 6.07) is 10.1. The second kappa shape index (κ2) is 15.8. The van der Waals surface area contributed by atoms with Crippen molar-refractivity contribution in [3.8, 4) is 0 Å². The quantitative estimate of drug-likeness (QED) is 0.285. The molecule has 0 radical (unpaired) electrons. The van der Waals surface area contributed by atoms with E-state index in [1.807, 2.05) is 18.2 Å². The Labute approximate surface area is 190 Å². The lowest BCUT2D eigenvalue weighted by Crippen LogP contribution is -2.34. The smallest absolute Gasteiger partial charge is 0.181 e. The van der Waals surface area contributed by atoms with Gasteiger partial charge in [0.1, 0.15) is 6.10 Å². The highest BCUT2D eigenvalue weighted by molar-refractivity contribution is 5.13. The summed E-state index contributed by atoms with van der Waals surface area (Å²) in [6.07, 6.45) is 13.4. The fraction of sp³-hybridized carbons (Fsp3) is 0.778. The molecule has 1 unspecified atom stereocenters. The van der Waals surface area contributed by atoms with Crippen molar-refractivity contribution < 1.29 is 19.7 Å². The van der Waals surface area contributed by atoms with Gasteiger partial charge < -0.3 is 19.7 Å². The van der Waals surface area contributed by atoms with Gasteiger partial charge in [-0.25, -0.2) is 0 Å². The molecule has 0 aliphatic carbocycles. The standard InChI is InChI=1S/C27H46O4/c1-3-4-5-6-7-8-9-10-11-12-16-19-24-25(26(28)27(29)31-24)22(2)20-30-21-23-17-14-13-15-18-23/h13-15,17-18,22,24-29H,3-12,16,19-21H2,1-2H3/t22-,24+,25+,26+,27?/m0/s1. The summed E-state index contributed by atoms with van der Waals surface area (Å²) in [4.78, 5) is 0. The van der Waals surface area contributed by atoms with E-state index in [4.69, 9.17) is 9.47 Å². The summed E-state index contributed by atoms with van der Waals surface area (Å²) in [6.45, 7) is 5.48. The van der Waals surface area contributed by atoms with Crippen LogP contribution >= 0.6 is 0 Å². The van der Waals surface area contributed by atoms with Crippen molar-refractivity contribution in [1.29, 1.82) is 0 Å². The SMILES string of the molecule is CCCCCCCCCCCCC[C@H]1OC(O)[C@H](O)[C@@H]1[C@@H](C)COCc1ccccc1. The third-order valence-electron chi connectivity index (χ3n) is 6.67. The minimum absolute atomic E-state index is 0.0751. The van der Waals surface area contributed by atoms with Gasteiger partial charge in [0, 0.05) is 5.92 Å². The van der Waals surface area contributed by atoms with E-state index >= 15 is 0 Å². The van der Waals surface area contributed by atoms with Crippen molar-refractivity contribution in [2.45, 2.75) is 116 Å². The van der Waals surface area contributed by atoms with Gasteiger partial charge in [-0.1, -0.05) is 115 Å². The molecule has 1 heterocycles. The molecule has 31 heavy (non-hydrogen) atoms. The number of aliphatic hydroxyl groups is 2. The van der Waals surface area contributed by atoms with E-state index in [-0.39, 0.29) is 17.9 Å². The average molecular weight is 435 g/mol. The van der Waals surface area contributed by atoms with Gasteiger partial charge in [0.25, 0.3) is 0 Å². The Hall–Kier alpha value is -0.940. The van der Waals surface area contributed by atoms with Crippen LogP contribution in [0.1, 0.15) is 96.5 Å². The molecule has 0 amide bonds. The summed E-state index contributed by atoms with van der Waals surface area (Å²) < 4.78 is 11.6. The second-order valence-electron chi connectivity index (χ2n) is 9.44. The van der Waals surface area contributed by atoms with Crippen molar-refractivity contribution >= 4 is 0 Å². The zero-order valence-electron chi connectivity index (χ0n) is 19.9. The Morgan fingerprint density at radius 1 is 0.871 bits per heavy atom. The highest BCUT2D eigenvalue weighted by Crippen LogP contribution is 2.35. The molecule has 0 spiro atoms. The van der Waals surface area contributed by atoms with Crippen molar-refractivity contribution in [1.82, 2.24) is 0 Å². The molecule has 1 fully saturated rings. The number of unbranched alkanes of at least 4 members (excludes halogenated alkanes) is 10. The maximum absolute atomic E-state index is 10.5. The van der Waals surface area contributed by atoms with Crippen molar-refractivity contribution in [2.24, 2.45) is 11.8 Å². The van der Waals surface area contributed by atoms with E-state index in [0.717, 1.165) is 18.4 Å². The molecule has 2 rings (SSSR count). The van der Waals surface area contributed by atoms with E-state index in [1.54, 1.807) is 0 Å². The summed E-state index contributed by atoms with van der Waals surface area (Å²) in [5.41, 5.74) is 1.15.